The molecular weight excluding hydrogens is 523 g/mol. The summed E-state index contributed by atoms with van der Waals surface area (Å²) in [6, 6.07) is 11.2. The molecule has 11 nitrogen and oxygen atoms in total. The van der Waals surface area contributed by atoms with Gasteiger partial charge in [0.15, 0.2) is 0 Å². The van der Waals surface area contributed by atoms with Gasteiger partial charge >= 0.3 is 11.9 Å². The lowest BCUT2D eigenvalue weighted by Crippen LogP contribution is -2.33. The minimum absolute atomic E-state index is 0.0119. The van der Waals surface area contributed by atoms with Crippen molar-refractivity contribution >= 4 is 17.8 Å². The van der Waals surface area contributed by atoms with Crippen molar-refractivity contribution in [1.82, 2.24) is 9.99 Å². The number of hydrazone groups is 1. The van der Waals surface area contributed by atoms with Gasteiger partial charge in [0.25, 0.3) is 11.5 Å². The highest BCUT2D eigenvalue weighted by Gasteiger charge is 2.33. The van der Waals surface area contributed by atoms with Gasteiger partial charge < -0.3 is 14.0 Å². The van der Waals surface area contributed by atoms with Gasteiger partial charge in [-0.15, -0.1) is 0 Å². The first-order valence-electron chi connectivity index (χ1n) is 11.0. The molecule has 202 valence electrons. The molecule has 1 aromatic heterocycles. The van der Waals surface area contributed by atoms with Gasteiger partial charge in [-0.05, 0) is 37.3 Å². The fraction of sp³-hybridized carbons (Fsp3) is 0.200. The van der Waals surface area contributed by atoms with Crippen molar-refractivity contribution in [3.63, 3.8) is 0 Å². The number of para-hydroxylation sites is 1. The van der Waals surface area contributed by atoms with Crippen molar-refractivity contribution in [2.45, 2.75) is 26.3 Å². The van der Waals surface area contributed by atoms with Crippen LogP contribution in [0.15, 0.2) is 58.4 Å². The van der Waals surface area contributed by atoms with E-state index in [2.05, 4.69) is 10.5 Å². The summed E-state index contributed by atoms with van der Waals surface area (Å²) in [7, 11) is 1.42. The van der Waals surface area contributed by atoms with E-state index in [-0.39, 0.29) is 23.5 Å². The number of nitrogens with one attached hydrogen (secondary N) is 1. The van der Waals surface area contributed by atoms with Crippen molar-refractivity contribution in [2.24, 2.45) is 5.10 Å². The number of nitriles is 1. The molecule has 0 fully saturated rings. The van der Waals surface area contributed by atoms with Gasteiger partial charge in [-0.25, -0.2) is 5.43 Å². The number of ether oxygens (including phenoxy) is 2. The van der Waals surface area contributed by atoms with E-state index in [1.807, 2.05) is 6.07 Å². The van der Waals surface area contributed by atoms with Gasteiger partial charge in [0, 0.05) is 30.0 Å². The number of rotatable bonds is 9. The summed E-state index contributed by atoms with van der Waals surface area (Å²) in [4.78, 5) is 35.4. The summed E-state index contributed by atoms with van der Waals surface area (Å²) in [5.74, 6) is -1.12. The maximum absolute atomic E-state index is 13.0. The van der Waals surface area contributed by atoms with Crippen LogP contribution in [0.5, 0.6) is 11.5 Å². The molecular formula is C25H20F3N5O6. The zero-order valence-electron chi connectivity index (χ0n) is 20.5. The Hall–Kier alpha value is -5.03. The second kappa shape index (κ2) is 12.0. The number of aromatic nitrogens is 1. The topological polar surface area (TPSA) is 149 Å². The number of hydrogen-bond donors (Lipinski definition) is 1. The highest BCUT2D eigenvalue weighted by Crippen LogP contribution is 2.38. The van der Waals surface area contributed by atoms with Gasteiger partial charge in [0.1, 0.15) is 23.9 Å². The molecule has 39 heavy (non-hydrogen) atoms. The van der Waals surface area contributed by atoms with Crippen molar-refractivity contribution in [2.75, 3.05) is 7.11 Å². The van der Waals surface area contributed by atoms with Crippen LogP contribution in [0.25, 0.3) is 0 Å². The fourth-order valence-electron chi connectivity index (χ4n) is 3.49. The predicted octanol–water partition coefficient (Wildman–Crippen LogP) is 4.04. The van der Waals surface area contributed by atoms with Gasteiger partial charge in [-0.1, -0.05) is 12.1 Å². The Balaban J connectivity index is 1.79. The van der Waals surface area contributed by atoms with Crippen molar-refractivity contribution in [1.29, 1.82) is 5.26 Å². The summed E-state index contributed by atoms with van der Waals surface area (Å²) >= 11 is 0. The van der Waals surface area contributed by atoms with Crippen molar-refractivity contribution in [3.05, 3.63) is 96.9 Å². The number of benzene rings is 2. The van der Waals surface area contributed by atoms with Gasteiger partial charge in [0.05, 0.1) is 23.3 Å². The number of hydrogen-bond acceptors (Lipinski definition) is 8. The Morgan fingerprint density at radius 1 is 1.23 bits per heavy atom. The number of halogens is 3. The highest BCUT2D eigenvalue weighted by molar-refractivity contribution is 5.85. The molecule has 1 N–H and O–H groups in total. The number of aryl methyl sites for hydroxylation is 1. The van der Waals surface area contributed by atoms with Crippen LogP contribution in [-0.2, 0) is 28.9 Å². The maximum Gasteiger partial charge on any atom is 0.416 e. The van der Waals surface area contributed by atoms with Gasteiger partial charge in [-0.3, -0.25) is 19.7 Å². The molecule has 3 rings (SSSR count). The zero-order valence-corrected chi connectivity index (χ0v) is 20.5. The predicted molar refractivity (Wildman–Crippen MR) is 131 cm³/mol. The molecule has 0 unspecified atom stereocenters. The molecule has 0 saturated heterocycles. The number of carbonyl (C=O) groups excluding carboxylic acids is 1. The van der Waals surface area contributed by atoms with Crippen molar-refractivity contribution in [3.8, 4) is 17.6 Å². The standard InChI is InChI=1S/C25H20F3N5O6/c1-15-9-17(14-38-2)19(11-29)24(35)32(15)13-23(34)31-30-12-16-5-3-4-6-21(16)39-22-8-7-18(25(26,27)28)10-20(22)33(36)37/h3-10,12H,13-14H2,1-2H3,(H,31,34)/b30-12-. The van der Waals surface area contributed by atoms with Crippen LogP contribution in [0, 0.1) is 28.4 Å². The molecule has 0 saturated carbocycles. The second-order valence-electron chi connectivity index (χ2n) is 7.99. The van der Waals surface area contributed by atoms with Crippen LogP contribution >= 0.6 is 0 Å². The number of nitro benzene ring substituents is 1. The lowest BCUT2D eigenvalue weighted by molar-refractivity contribution is -0.385. The number of amides is 1. The third-order valence-electron chi connectivity index (χ3n) is 5.32. The summed E-state index contributed by atoms with van der Waals surface area (Å²) in [5, 5.41) is 24.5. The summed E-state index contributed by atoms with van der Waals surface area (Å²) in [6.07, 6.45) is -3.63. The summed E-state index contributed by atoms with van der Waals surface area (Å²) < 4.78 is 50.5. The van der Waals surface area contributed by atoms with E-state index in [0.717, 1.165) is 16.8 Å². The monoisotopic (exact) mass is 543 g/mol. The number of methoxy groups -OCH3 is 1. The Morgan fingerprint density at radius 2 is 1.95 bits per heavy atom. The number of alkyl halides is 3. The van der Waals surface area contributed by atoms with Gasteiger partial charge in [0.2, 0.25) is 5.75 Å². The molecule has 0 bridgehead atoms. The van der Waals surface area contributed by atoms with E-state index in [1.54, 1.807) is 19.1 Å². The lowest BCUT2D eigenvalue weighted by Gasteiger charge is -2.12. The third kappa shape index (κ3) is 6.84. The zero-order chi connectivity index (χ0) is 28.7. The molecule has 0 atom stereocenters. The van der Waals surface area contributed by atoms with E-state index < -0.39 is 46.1 Å². The molecule has 14 heteroatoms. The van der Waals surface area contributed by atoms with Crippen LogP contribution in [0.2, 0.25) is 0 Å². The number of carbonyl (C=O) groups is 1. The van der Waals surface area contributed by atoms with E-state index in [0.29, 0.717) is 23.4 Å². The highest BCUT2D eigenvalue weighted by atomic mass is 19.4. The van der Waals surface area contributed by atoms with Crippen LogP contribution in [0.4, 0.5) is 18.9 Å². The van der Waals surface area contributed by atoms with E-state index in [4.69, 9.17) is 9.47 Å². The second-order valence-corrected chi connectivity index (χ2v) is 7.99. The molecule has 0 radical (unpaired) electrons. The number of nitrogens with zero attached hydrogens (tertiary/aromatic N) is 4. The van der Waals surface area contributed by atoms with E-state index in [9.17, 15) is 38.1 Å². The molecule has 0 aliphatic heterocycles. The van der Waals surface area contributed by atoms with E-state index in [1.165, 1.54) is 25.3 Å². The Kier molecular flexibility index (Phi) is 8.79. The van der Waals surface area contributed by atoms with E-state index >= 15 is 0 Å². The maximum atomic E-state index is 13.0. The number of nitro groups is 1. The van der Waals surface area contributed by atoms with Crippen LogP contribution in [0.3, 0.4) is 0 Å². The minimum atomic E-state index is -4.78. The first kappa shape index (κ1) is 28.5. The van der Waals surface area contributed by atoms with Crippen LogP contribution in [-0.4, -0.2) is 28.7 Å². The molecule has 0 aliphatic carbocycles. The fourth-order valence-corrected chi connectivity index (χ4v) is 3.49. The van der Waals surface area contributed by atoms with Gasteiger partial charge in [-0.2, -0.15) is 23.5 Å². The Morgan fingerprint density at radius 3 is 2.59 bits per heavy atom. The largest absolute Gasteiger partial charge is 0.449 e. The quantitative estimate of drug-likeness (QED) is 0.243. The molecule has 0 aliphatic rings. The Bertz CT molecular complexity index is 1540. The molecule has 3 aromatic rings. The first-order chi connectivity index (χ1) is 18.5. The Labute approximate surface area is 218 Å². The average molecular weight is 543 g/mol. The summed E-state index contributed by atoms with van der Waals surface area (Å²) in [5.41, 5.74) is 0.361. The molecule has 1 amide bonds. The SMILES string of the molecule is COCc1cc(C)n(CC(=O)N/N=C\c2ccccc2Oc2ccc(C(F)(F)F)cc2[N+](=O)[O-])c(=O)c1C#N. The molecule has 0 spiro atoms. The summed E-state index contributed by atoms with van der Waals surface area (Å²) in [6.45, 7) is 1.19. The molecule has 1 heterocycles. The smallest absolute Gasteiger partial charge is 0.416 e. The van der Waals surface area contributed by atoms with Crippen molar-refractivity contribution < 1.29 is 32.4 Å². The van der Waals surface area contributed by atoms with Crippen LogP contribution in [0.1, 0.15) is 27.9 Å². The normalized spacial score (nSPS) is 11.3. The lowest BCUT2D eigenvalue weighted by atomic mass is 10.1. The minimum Gasteiger partial charge on any atom is -0.449 e. The first-order valence-corrected chi connectivity index (χ1v) is 11.0. The molecule has 2 aromatic carbocycles. The number of pyridine rings is 1. The average Bonchev–Trinajstić information content (AvgIpc) is 2.87. The van der Waals surface area contributed by atoms with Crippen LogP contribution < -0.4 is 15.7 Å². The third-order valence-corrected chi connectivity index (χ3v) is 5.32.